The molecule has 13 nitrogen and oxygen atoms in total. The van der Waals surface area contributed by atoms with Crippen LogP contribution in [0, 0.1) is 5.82 Å². The smallest absolute Gasteiger partial charge is 0.435 e. The van der Waals surface area contributed by atoms with Gasteiger partial charge in [-0.25, -0.2) is 17.5 Å². The van der Waals surface area contributed by atoms with E-state index in [1.165, 1.54) is 56.5 Å². The molecule has 270 valence electrons. The van der Waals surface area contributed by atoms with Gasteiger partial charge in [-0.3, -0.25) is 19.2 Å². The molecule has 1 aromatic heterocycles. The Balaban J connectivity index is 1.63. The number of hydrogen-bond donors (Lipinski definition) is 4. The summed E-state index contributed by atoms with van der Waals surface area (Å²) in [7, 11) is -2.40. The van der Waals surface area contributed by atoms with Gasteiger partial charge >= 0.3 is 6.18 Å². The molecule has 0 aliphatic rings. The van der Waals surface area contributed by atoms with Crippen LogP contribution in [0.2, 0.25) is 0 Å². The highest BCUT2D eigenvalue weighted by Crippen LogP contribution is 2.33. The first kappa shape index (κ1) is 38.0. The van der Waals surface area contributed by atoms with E-state index in [1.54, 1.807) is 6.07 Å². The van der Waals surface area contributed by atoms with E-state index in [4.69, 9.17) is 4.74 Å². The highest BCUT2D eigenvalue weighted by molar-refractivity contribution is 7.90. The maximum atomic E-state index is 15.3. The zero-order chi connectivity index (χ0) is 37.5. The molecule has 0 bridgehead atoms. The summed E-state index contributed by atoms with van der Waals surface area (Å²) in [5.74, 6) is -3.68. The SMILES string of the molecule is COc1ccc(-n2nc(C(F)(F)F)cc2C(=O)Nc2ccc(-c3ccccc3S(C)(=O)=O)cc2F)c(C(=O)NCCC(=O)NCCNC(C)=O)c1. The van der Waals surface area contributed by atoms with Gasteiger partial charge in [0.15, 0.2) is 15.5 Å². The highest BCUT2D eigenvalue weighted by Gasteiger charge is 2.37. The highest BCUT2D eigenvalue weighted by atomic mass is 32.2. The number of aromatic nitrogens is 2. The summed E-state index contributed by atoms with van der Waals surface area (Å²) >= 11 is 0. The zero-order valence-corrected chi connectivity index (χ0v) is 28.2. The van der Waals surface area contributed by atoms with Crippen molar-refractivity contribution in [2.75, 3.05) is 38.3 Å². The number of sulfone groups is 1. The van der Waals surface area contributed by atoms with Crippen LogP contribution < -0.4 is 26.0 Å². The van der Waals surface area contributed by atoms with Crippen molar-refractivity contribution >= 4 is 39.2 Å². The summed E-state index contributed by atoms with van der Waals surface area (Å²) in [6, 6.07) is 13.4. The van der Waals surface area contributed by atoms with Gasteiger partial charge in [0.05, 0.1) is 28.9 Å². The molecule has 0 saturated heterocycles. The van der Waals surface area contributed by atoms with Crippen molar-refractivity contribution in [2.45, 2.75) is 24.4 Å². The molecule has 0 fully saturated rings. The van der Waals surface area contributed by atoms with Gasteiger partial charge in [-0.2, -0.15) is 18.3 Å². The van der Waals surface area contributed by atoms with Gasteiger partial charge in [0.25, 0.3) is 11.8 Å². The number of hydrogen-bond acceptors (Lipinski definition) is 8. The van der Waals surface area contributed by atoms with Crippen LogP contribution >= 0.6 is 0 Å². The molecule has 4 amide bonds. The standard InChI is InChI=1S/C33H32F4N6O7S/c1-19(44)38-14-15-39-30(45)12-13-40-31(46)23-17-21(50-2)9-11-26(23)43-27(18-29(42-43)33(35,36)37)32(47)41-25-10-8-20(16-24(25)34)22-6-4-5-7-28(22)51(3,48)49/h4-11,16-18H,12-15H2,1-3H3,(H,38,44)(H,39,45)(H,40,46)(H,41,47). The van der Waals surface area contributed by atoms with E-state index >= 15 is 4.39 Å². The molecule has 18 heteroatoms. The lowest BCUT2D eigenvalue weighted by Gasteiger charge is -2.15. The molecule has 3 aromatic carbocycles. The third-order valence-electron chi connectivity index (χ3n) is 7.18. The number of rotatable bonds is 13. The third-order valence-corrected chi connectivity index (χ3v) is 8.34. The third kappa shape index (κ3) is 9.68. The second kappa shape index (κ2) is 15.8. The fourth-order valence-electron chi connectivity index (χ4n) is 4.79. The fourth-order valence-corrected chi connectivity index (χ4v) is 5.70. The Morgan fingerprint density at radius 1 is 0.882 bits per heavy atom. The second-order valence-corrected chi connectivity index (χ2v) is 12.9. The monoisotopic (exact) mass is 732 g/mol. The lowest BCUT2D eigenvalue weighted by Crippen LogP contribution is -2.35. The van der Waals surface area contributed by atoms with Crippen LogP contribution in [0.15, 0.2) is 71.6 Å². The molecule has 0 aliphatic carbocycles. The largest absolute Gasteiger partial charge is 0.497 e. The molecule has 1 heterocycles. The van der Waals surface area contributed by atoms with Crippen LogP contribution in [0.3, 0.4) is 0 Å². The van der Waals surface area contributed by atoms with Crippen molar-refractivity contribution in [1.29, 1.82) is 0 Å². The zero-order valence-electron chi connectivity index (χ0n) is 27.4. The minimum absolute atomic E-state index is 0.0638. The fraction of sp³-hybridized carbons (Fsp3) is 0.242. The number of benzene rings is 3. The number of amides is 4. The molecule has 4 N–H and O–H groups in total. The van der Waals surface area contributed by atoms with E-state index in [-0.39, 0.29) is 65.0 Å². The maximum Gasteiger partial charge on any atom is 0.435 e. The van der Waals surface area contributed by atoms with Crippen LogP contribution in [0.1, 0.15) is 39.9 Å². The van der Waals surface area contributed by atoms with Crippen LogP contribution in [0.25, 0.3) is 16.8 Å². The van der Waals surface area contributed by atoms with Crippen molar-refractivity contribution in [2.24, 2.45) is 0 Å². The number of nitrogens with one attached hydrogen (secondary N) is 4. The van der Waals surface area contributed by atoms with Crippen LogP contribution in [0.5, 0.6) is 5.75 Å². The van der Waals surface area contributed by atoms with Gasteiger partial charge in [0.1, 0.15) is 17.3 Å². The van der Waals surface area contributed by atoms with Crippen molar-refractivity contribution < 1.29 is 49.9 Å². The Morgan fingerprint density at radius 2 is 1.59 bits per heavy atom. The molecule has 0 aliphatic heterocycles. The number of methoxy groups -OCH3 is 1. The van der Waals surface area contributed by atoms with Gasteiger partial charge in [-0.1, -0.05) is 24.3 Å². The normalized spacial score (nSPS) is 11.4. The summed E-state index contributed by atoms with van der Waals surface area (Å²) in [6.07, 6.45) is -4.21. The summed E-state index contributed by atoms with van der Waals surface area (Å²) in [5.41, 5.74) is -2.84. The molecule has 0 atom stereocenters. The van der Waals surface area contributed by atoms with Crippen molar-refractivity contribution in [3.05, 3.63) is 89.5 Å². The topological polar surface area (TPSA) is 178 Å². The summed E-state index contributed by atoms with van der Waals surface area (Å²) in [5, 5.41) is 13.3. The number of carbonyl (C=O) groups is 4. The molecule has 0 saturated carbocycles. The van der Waals surface area contributed by atoms with E-state index in [9.17, 15) is 40.8 Å². The molecule has 4 aromatic rings. The Bertz CT molecular complexity index is 2080. The Morgan fingerprint density at radius 3 is 2.24 bits per heavy atom. The van der Waals surface area contributed by atoms with Gasteiger partial charge in [0.2, 0.25) is 11.8 Å². The average Bonchev–Trinajstić information content (AvgIpc) is 3.53. The minimum atomic E-state index is -5.03. The summed E-state index contributed by atoms with van der Waals surface area (Å²) < 4.78 is 87.2. The Hall–Kier alpha value is -5.78. The Labute approximate surface area is 289 Å². The lowest BCUT2D eigenvalue weighted by molar-refractivity contribution is -0.141. The average molecular weight is 733 g/mol. The minimum Gasteiger partial charge on any atom is -0.497 e. The van der Waals surface area contributed by atoms with Gasteiger partial charge < -0.3 is 26.0 Å². The van der Waals surface area contributed by atoms with Gasteiger partial charge in [-0.05, 0) is 42.0 Å². The van der Waals surface area contributed by atoms with Gasteiger partial charge in [0, 0.05) is 50.9 Å². The van der Waals surface area contributed by atoms with E-state index in [0.717, 1.165) is 18.4 Å². The van der Waals surface area contributed by atoms with E-state index in [2.05, 4.69) is 26.4 Å². The van der Waals surface area contributed by atoms with E-state index < -0.39 is 56.6 Å². The number of ether oxygens (including phenoxy) is 1. The molecule has 0 spiro atoms. The Kier molecular flexibility index (Phi) is 11.8. The van der Waals surface area contributed by atoms with E-state index in [1.807, 2.05) is 0 Å². The van der Waals surface area contributed by atoms with Crippen molar-refractivity contribution in [3.63, 3.8) is 0 Å². The van der Waals surface area contributed by atoms with Crippen LogP contribution in [0.4, 0.5) is 23.2 Å². The number of alkyl halides is 3. The predicted octanol–water partition coefficient (Wildman–Crippen LogP) is 3.73. The molecular weight excluding hydrogens is 700 g/mol. The van der Waals surface area contributed by atoms with E-state index in [0.29, 0.717) is 10.7 Å². The molecule has 51 heavy (non-hydrogen) atoms. The van der Waals surface area contributed by atoms with Crippen LogP contribution in [-0.4, -0.2) is 74.8 Å². The summed E-state index contributed by atoms with van der Waals surface area (Å²) in [6.45, 7) is 1.46. The van der Waals surface area contributed by atoms with Crippen LogP contribution in [-0.2, 0) is 25.6 Å². The molecule has 0 unspecified atom stereocenters. The first-order valence-corrected chi connectivity index (χ1v) is 16.9. The molecule has 0 radical (unpaired) electrons. The second-order valence-electron chi connectivity index (χ2n) is 11.0. The summed E-state index contributed by atoms with van der Waals surface area (Å²) in [4.78, 5) is 49.7. The first-order chi connectivity index (χ1) is 24.0. The number of carbonyl (C=O) groups excluding carboxylic acids is 4. The number of halogens is 4. The quantitative estimate of drug-likeness (QED) is 0.119. The van der Waals surface area contributed by atoms with Crippen molar-refractivity contribution in [1.82, 2.24) is 25.7 Å². The molecular formula is C33H32F4N6O7S. The molecule has 4 rings (SSSR count). The predicted molar refractivity (Wildman–Crippen MR) is 177 cm³/mol. The maximum absolute atomic E-state index is 15.3. The number of nitrogens with zero attached hydrogens (tertiary/aromatic N) is 2. The van der Waals surface area contributed by atoms with Gasteiger partial charge in [-0.15, -0.1) is 0 Å². The first-order valence-electron chi connectivity index (χ1n) is 15.0. The lowest BCUT2D eigenvalue weighted by atomic mass is 10.0. The van der Waals surface area contributed by atoms with Crippen molar-refractivity contribution in [3.8, 4) is 22.6 Å². The number of anilines is 1.